The quantitative estimate of drug-likeness (QED) is 0.712. The summed E-state index contributed by atoms with van der Waals surface area (Å²) in [6, 6.07) is 0. The molecule has 0 amide bonds. The highest BCUT2D eigenvalue weighted by Crippen LogP contribution is 2.66. The van der Waals surface area contributed by atoms with Gasteiger partial charge in [-0.15, -0.1) is 11.6 Å². The van der Waals surface area contributed by atoms with Crippen LogP contribution in [0, 0.1) is 11.8 Å². The number of Topliss-reactive ketones (excluding diaryl/α,β-unsaturated/α-hetero) is 1. The number of hydrogen-bond donors (Lipinski definition) is 0. The van der Waals surface area contributed by atoms with Gasteiger partial charge in [0.2, 0.25) is 5.78 Å². The fourth-order valence-corrected chi connectivity index (χ4v) is 5.24. The number of fused-ring (bicyclic) bond motifs is 1. The summed E-state index contributed by atoms with van der Waals surface area (Å²) in [5, 5.41) is 0.491. The predicted octanol–water partition coefficient (Wildman–Crippen LogP) is 2.69. The van der Waals surface area contributed by atoms with E-state index in [9.17, 15) is 4.79 Å². The molecule has 1 heterocycles. The molecule has 0 radical (unpaired) electrons. The molecule has 0 bridgehead atoms. The standard InChI is InChI=1S/C15H22Cl2O5/c1-8-10(16)12(20-5)14(17)11(8)13(2,3)22-15(14,21-6)9(18)7-19-4/h8,11H,7H2,1-6H3/t8-,11-,14-,15-/m1/s1. The first-order valence-electron chi connectivity index (χ1n) is 7.04. The van der Waals surface area contributed by atoms with Crippen molar-refractivity contribution < 1.29 is 23.7 Å². The van der Waals surface area contributed by atoms with E-state index in [-0.39, 0.29) is 18.4 Å². The first-order valence-corrected chi connectivity index (χ1v) is 7.80. The van der Waals surface area contributed by atoms with Crippen molar-refractivity contribution in [1.29, 1.82) is 0 Å². The molecule has 0 aromatic rings. The third-order valence-corrected chi connectivity index (χ3v) is 5.82. The Balaban J connectivity index is 2.69. The number of hydrogen-bond acceptors (Lipinski definition) is 5. The largest absolute Gasteiger partial charge is 0.498 e. The number of allylic oxidation sites excluding steroid dienone is 1. The summed E-state index contributed by atoms with van der Waals surface area (Å²) < 4.78 is 22.0. The predicted molar refractivity (Wildman–Crippen MR) is 82.9 cm³/mol. The molecule has 0 N–H and O–H groups in total. The molecule has 0 saturated carbocycles. The number of halogens is 2. The molecule has 1 aliphatic heterocycles. The van der Waals surface area contributed by atoms with Gasteiger partial charge in [0.25, 0.3) is 5.79 Å². The van der Waals surface area contributed by atoms with E-state index in [0.29, 0.717) is 10.8 Å². The van der Waals surface area contributed by atoms with Gasteiger partial charge in [0.1, 0.15) is 12.4 Å². The van der Waals surface area contributed by atoms with Gasteiger partial charge in [0, 0.05) is 26.1 Å². The minimum Gasteiger partial charge on any atom is -0.498 e. The molecule has 2 rings (SSSR count). The van der Waals surface area contributed by atoms with Gasteiger partial charge >= 0.3 is 0 Å². The second-order valence-electron chi connectivity index (χ2n) is 6.24. The van der Waals surface area contributed by atoms with Crippen molar-refractivity contribution in [2.24, 2.45) is 11.8 Å². The zero-order valence-corrected chi connectivity index (χ0v) is 15.2. The minimum absolute atomic E-state index is 0.128. The number of alkyl halides is 1. The smallest absolute Gasteiger partial charge is 0.259 e. The lowest BCUT2D eigenvalue weighted by Gasteiger charge is -2.38. The van der Waals surface area contributed by atoms with Gasteiger partial charge in [-0.3, -0.25) is 4.79 Å². The van der Waals surface area contributed by atoms with Gasteiger partial charge in [-0.25, -0.2) is 0 Å². The number of ether oxygens (including phenoxy) is 4. The maximum atomic E-state index is 12.7. The van der Waals surface area contributed by atoms with Crippen LogP contribution in [-0.2, 0) is 23.7 Å². The highest BCUT2D eigenvalue weighted by molar-refractivity contribution is 6.35. The number of rotatable bonds is 5. The summed E-state index contributed by atoms with van der Waals surface area (Å²) in [4.78, 5) is 11.4. The number of carbonyl (C=O) groups excluding carboxylic acids is 1. The SMILES string of the molecule is COCC(=O)[C@@]1(OC)OC(C)(C)[C@H]2[C@H](C)C(Cl)=C(OC)[C@]21Cl. The van der Waals surface area contributed by atoms with Crippen LogP contribution in [0.1, 0.15) is 20.8 Å². The summed E-state index contributed by atoms with van der Waals surface area (Å²) in [7, 11) is 4.29. The van der Waals surface area contributed by atoms with Gasteiger partial charge < -0.3 is 18.9 Å². The van der Waals surface area contributed by atoms with E-state index in [1.165, 1.54) is 21.3 Å². The van der Waals surface area contributed by atoms with Gasteiger partial charge in [-0.1, -0.05) is 18.5 Å². The number of methoxy groups -OCH3 is 3. The molecule has 5 nitrogen and oxygen atoms in total. The van der Waals surface area contributed by atoms with E-state index in [1.54, 1.807) is 0 Å². The van der Waals surface area contributed by atoms with Crippen LogP contribution in [0.15, 0.2) is 10.8 Å². The van der Waals surface area contributed by atoms with Gasteiger partial charge in [0.05, 0.1) is 17.7 Å². The molecule has 0 unspecified atom stereocenters. The summed E-state index contributed by atoms with van der Waals surface area (Å²) >= 11 is 13.4. The molecular weight excluding hydrogens is 331 g/mol. The molecule has 7 heteroatoms. The second-order valence-corrected chi connectivity index (χ2v) is 7.25. The van der Waals surface area contributed by atoms with Crippen LogP contribution in [0.25, 0.3) is 0 Å². The third-order valence-electron chi connectivity index (χ3n) is 4.64. The van der Waals surface area contributed by atoms with Crippen molar-refractivity contribution in [2.75, 3.05) is 27.9 Å². The first kappa shape index (κ1) is 18.0. The summed E-state index contributed by atoms with van der Waals surface area (Å²) in [5.74, 6) is -2.21. The van der Waals surface area contributed by atoms with Crippen LogP contribution in [0.4, 0.5) is 0 Å². The maximum Gasteiger partial charge on any atom is 0.259 e. The lowest BCUT2D eigenvalue weighted by molar-refractivity contribution is -0.235. The number of carbonyl (C=O) groups is 1. The van der Waals surface area contributed by atoms with Gasteiger partial charge in [-0.05, 0) is 13.8 Å². The Kier molecular flexibility index (Phi) is 4.62. The van der Waals surface area contributed by atoms with Crippen LogP contribution < -0.4 is 0 Å². The Bertz CT molecular complexity index is 518. The topological polar surface area (TPSA) is 54.0 Å². The van der Waals surface area contributed by atoms with Crippen LogP contribution in [0.3, 0.4) is 0 Å². The van der Waals surface area contributed by atoms with Crippen LogP contribution in [0.5, 0.6) is 0 Å². The zero-order chi connectivity index (χ0) is 16.9. The average Bonchev–Trinajstić information content (AvgIpc) is 2.76. The molecule has 0 aromatic carbocycles. The Hall–Kier alpha value is -0.330. The van der Waals surface area contributed by atoms with Crippen molar-refractivity contribution in [3.05, 3.63) is 10.8 Å². The van der Waals surface area contributed by atoms with E-state index in [0.717, 1.165) is 0 Å². The number of ketones is 1. The minimum atomic E-state index is -1.71. The van der Waals surface area contributed by atoms with E-state index >= 15 is 0 Å². The van der Waals surface area contributed by atoms with Crippen LogP contribution in [0.2, 0.25) is 0 Å². The Morgan fingerprint density at radius 2 is 1.91 bits per heavy atom. The third kappa shape index (κ3) is 1.99. The summed E-state index contributed by atoms with van der Waals surface area (Å²) in [5.41, 5.74) is -0.735. The fourth-order valence-electron chi connectivity index (χ4n) is 3.99. The zero-order valence-electron chi connectivity index (χ0n) is 13.7. The summed E-state index contributed by atoms with van der Waals surface area (Å²) in [6.45, 7) is 5.49. The Labute approximate surface area is 140 Å². The molecule has 0 aromatic heterocycles. The molecular formula is C15H22Cl2O5. The van der Waals surface area contributed by atoms with E-state index < -0.39 is 22.0 Å². The summed E-state index contributed by atoms with van der Waals surface area (Å²) in [6.07, 6.45) is 0. The van der Waals surface area contributed by atoms with Crippen LogP contribution in [-0.4, -0.2) is 50.0 Å². The van der Waals surface area contributed by atoms with Crippen molar-refractivity contribution in [3.8, 4) is 0 Å². The van der Waals surface area contributed by atoms with E-state index in [4.69, 9.17) is 42.1 Å². The van der Waals surface area contributed by atoms with Gasteiger partial charge in [0.15, 0.2) is 4.87 Å². The highest BCUT2D eigenvalue weighted by Gasteiger charge is 2.78. The van der Waals surface area contributed by atoms with Crippen molar-refractivity contribution >= 4 is 29.0 Å². The molecule has 4 atom stereocenters. The molecule has 1 saturated heterocycles. The fraction of sp³-hybridized carbons (Fsp3) is 0.800. The second kappa shape index (κ2) is 5.64. The van der Waals surface area contributed by atoms with Crippen LogP contribution >= 0.6 is 23.2 Å². The normalized spacial score (nSPS) is 40.0. The molecule has 1 fully saturated rings. The molecule has 0 spiro atoms. The Morgan fingerprint density at radius 3 is 2.36 bits per heavy atom. The molecule has 126 valence electrons. The molecule has 2 aliphatic rings. The first-order chi connectivity index (χ1) is 10.1. The van der Waals surface area contributed by atoms with E-state index in [1.807, 2.05) is 20.8 Å². The lowest BCUT2D eigenvalue weighted by atomic mass is 9.75. The molecule has 22 heavy (non-hydrogen) atoms. The maximum absolute atomic E-state index is 12.7. The van der Waals surface area contributed by atoms with Crippen molar-refractivity contribution in [1.82, 2.24) is 0 Å². The lowest BCUT2D eigenvalue weighted by Crippen LogP contribution is -2.58. The van der Waals surface area contributed by atoms with Gasteiger partial charge in [-0.2, -0.15) is 0 Å². The highest BCUT2D eigenvalue weighted by atomic mass is 35.5. The molecule has 1 aliphatic carbocycles. The van der Waals surface area contributed by atoms with E-state index in [2.05, 4.69) is 0 Å². The monoisotopic (exact) mass is 352 g/mol. The average molecular weight is 353 g/mol. The van der Waals surface area contributed by atoms with Crippen molar-refractivity contribution in [3.63, 3.8) is 0 Å². The Morgan fingerprint density at radius 1 is 1.32 bits per heavy atom. The van der Waals surface area contributed by atoms with Crippen molar-refractivity contribution in [2.45, 2.75) is 37.0 Å².